The molecule has 0 unspecified atom stereocenters. The van der Waals surface area contributed by atoms with Crippen LogP contribution in [0.5, 0.6) is 0 Å². The summed E-state index contributed by atoms with van der Waals surface area (Å²) in [7, 11) is -3.35. The maximum atomic E-state index is 12.3. The molecule has 0 aromatic heterocycles. The van der Waals surface area contributed by atoms with Crippen molar-refractivity contribution in [1.29, 1.82) is 0 Å². The van der Waals surface area contributed by atoms with Crippen LogP contribution in [-0.2, 0) is 14.6 Å². The maximum Gasteiger partial charge on any atom is 0.224 e. The minimum absolute atomic E-state index is 0. The fraction of sp³-hybridized carbons (Fsp3) is 0.556. The number of hydrogen-bond acceptors (Lipinski definition) is 4. The standard InChI is InChI=1S/C18H30N4O3S.HI/c1-4-19-18(20-13-12-17(23)22(5-2)6-3)21-14-15-26(24,25)16-10-8-7-9-11-16;/h7-11H,4-6,12-15H2,1-3H3,(H2,19,20,21);1H. The number of amides is 1. The monoisotopic (exact) mass is 510 g/mol. The number of nitrogens with one attached hydrogen (secondary N) is 2. The van der Waals surface area contributed by atoms with E-state index in [1.807, 2.05) is 20.8 Å². The van der Waals surface area contributed by atoms with Crippen LogP contribution in [0.1, 0.15) is 27.2 Å². The molecule has 0 saturated heterocycles. The Kier molecular flexibility index (Phi) is 13.1. The van der Waals surface area contributed by atoms with Crippen LogP contribution in [0.3, 0.4) is 0 Å². The summed E-state index contributed by atoms with van der Waals surface area (Å²) in [6.45, 7) is 8.48. The van der Waals surface area contributed by atoms with Gasteiger partial charge in [0.05, 0.1) is 17.2 Å². The zero-order valence-corrected chi connectivity index (χ0v) is 19.4. The van der Waals surface area contributed by atoms with Crippen molar-refractivity contribution >= 4 is 45.7 Å². The number of halogens is 1. The summed E-state index contributed by atoms with van der Waals surface area (Å²) in [6.07, 6.45) is 0.369. The Morgan fingerprint density at radius 2 is 1.70 bits per heavy atom. The van der Waals surface area contributed by atoms with Gasteiger partial charge in [-0.3, -0.25) is 9.79 Å². The van der Waals surface area contributed by atoms with Crippen LogP contribution in [0.2, 0.25) is 0 Å². The molecule has 0 aliphatic rings. The zero-order chi connectivity index (χ0) is 19.4. The first-order chi connectivity index (χ1) is 12.4. The third-order valence-corrected chi connectivity index (χ3v) is 5.53. The average molecular weight is 510 g/mol. The van der Waals surface area contributed by atoms with Gasteiger partial charge in [0.25, 0.3) is 0 Å². The van der Waals surface area contributed by atoms with Crippen molar-refractivity contribution in [1.82, 2.24) is 15.5 Å². The topological polar surface area (TPSA) is 90.9 Å². The molecule has 0 saturated carbocycles. The molecule has 0 aliphatic carbocycles. The Morgan fingerprint density at radius 3 is 2.26 bits per heavy atom. The molecule has 0 atom stereocenters. The molecule has 154 valence electrons. The van der Waals surface area contributed by atoms with E-state index in [-0.39, 0.29) is 42.2 Å². The lowest BCUT2D eigenvalue weighted by Crippen LogP contribution is -2.40. The van der Waals surface area contributed by atoms with E-state index < -0.39 is 9.84 Å². The number of nitrogens with zero attached hydrogens (tertiary/aromatic N) is 2. The first-order valence-electron chi connectivity index (χ1n) is 9.02. The molecule has 1 aromatic carbocycles. The molecule has 1 rings (SSSR count). The van der Waals surface area contributed by atoms with Gasteiger partial charge in [0.2, 0.25) is 5.91 Å². The van der Waals surface area contributed by atoms with Crippen LogP contribution >= 0.6 is 24.0 Å². The van der Waals surface area contributed by atoms with Gasteiger partial charge >= 0.3 is 0 Å². The molecule has 0 fully saturated rings. The van der Waals surface area contributed by atoms with Crippen LogP contribution in [0.4, 0.5) is 0 Å². The summed E-state index contributed by atoms with van der Waals surface area (Å²) < 4.78 is 24.5. The van der Waals surface area contributed by atoms with Gasteiger partial charge in [-0.25, -0.2) is 8.42 Å². The Morgan fingerprint density at radius 1 is 1.07 bits per heavy atom. The third-order valence-electron chi connectivity index (χ3n) is 3.82. The van der Waals surface area contributed by atoms with E-state index in [1.54, 1.807) is 35.2 Å². The van der Waals surface area contributed by atoms with Crippen molar-refractivity contribution in [3.8, 4) is 0 Å². The predicted octanol–water partition coefficient (Wildman–Crippen LogP) is 1.89. The highest BCUT2D eigenvalue weighted by Gasteiger charge is 2.13. The lowest BCUT2D eigenvalue weighted by molar-refractivity contribution is -0.130. The summed E-state index contributed by atoms with van der Waals surface area (Å²) in [5.74, 6) is 0.541. The van der Waals surface area contributed by atoms with E-state index >= 15 is 0 Å². The molecule has 7 nitrogen and oxygen atoms in total. The molecular weight excluding hydrogens is 479 g/mol. The minimum Gasteiger partial charge on any atom is -0.357 e. The van der Waals surface area contributed by atoms with E-state index in [0.29, 0.717) is 43.5 Å². The maximum absolute atomic E-state index is 12.3. The van der Waals surface area contributed by atoms with Crippen LogP contribution < -0.4 is 10.6 Å². The first-order valence-corrected chi connectivity index (χ1v) is 10.7. The molecule has 1 aromatic rings. The normalized spacial score (nSPS) is 11.4. The van der Waals surface area contributed by atoms with Crippen molar-refractivity contribution in [3.63, 3.8) is 0 Å². The molecule has 0 aliphatic heterocycles. The fourth-order valence-electron chi connectivity index (χ4n) is 2.39. The van der Waals surface area contributed by atoms with Gasteiger partial charge in [0, 0.05) is 32.6 Å². The van der Waals surface area contributed by atoms with Gasteiger partial charge in [-0.2, -0.15) is 0 Å². The van der Waals surface area contributed by atoms with Crippen molar-refractivity contribution in [2.45, 2.75) is 32.1 Å². The first kappa shape index (κ1) is 25.6. The summed E-state index contributed by atoms with van der Waals surface area (Å²) in [4.78, 5) is 18.4. The average Bonchev–Trinajstić information content (AvgIpc) is 2.63. The largest absolute Gasteiger partial charge is 0.357 e. The van der Waals surface area contributed by atoms with Crippen LogP contribution in [0.25, 0.3) is 0 Å². The molecular formula is C18H31IN4O3S. The number of sulfone groups is 1. The number of aliphatic imine (C=N–C) groups is 1. The summed E-state index contributed by atoms with van der Waals surface area (Å²) in [5.41, 5.74) is 0. The minimum atomic E-state index is -3.35. The van der Waals surface area contributed by atoms with Crippen LogP contribution in [0, 0.1) is 0 Å². The lowest BCUT2D eigenvalue weighted by Gasteiger charge is -2.19. The predicted molar refractivity (Wildman–Crippen MR) is 120 cm³/mol. The van der Waals surface area contributed by atoms with Gasteiger partial charge in [-0.05, 0) is 32.9 Å². The molecule has 9 heteroatoms. The second-order valence-corrected chi connectivity index (χ2v) is 7.74. The Hall–Kier alpha value is -1.36. The molecule has 0 radical (unpaired) electrons. The molecule has 1 amide bonds. The number of carbonyl (C=O) groups is 1. The van der Waals surface area contributed by atoms with Gasteiger partial charge in [-0.15, -0.1) is 24.0 Å². The van der Waals surface area contributed by atoms with Crippen molar-refractivity contribution < 1.29 is 13.2 Å². The Balaban J connectivity index is 0.00000676. The molecule has 0 spiro atoms. The van der Waals surface area contributed by atoms with Gasteiger partial charge in [-0.1, -0.05) is 18.2 Å². The van der Waals surface area contributed by atoms with E-state index in [4.69, 9.17) is 0 Å². The smallest absolute Gasteiger partial charge is 0.224 e. The van der Waals surface area contributed by atoms with Crippen molar-refractivity contribution in [2.24, 2.45) is 4.99 Å². The van der Waals surface area contributed by atoms with E-state index in [9.17, 15) is 13.2 Å². The molecule has 27 heavy (non-hydrogen) atoms. The zero-order valence-electron chi connectivity index (χ0n) is 16.3. The highest BCUT2D eigenvalue weighted by Crippen LogP contribution is 2.09. The fourth-order valence-corrected chi connectivity index (χ4v) is 3.53. The number of hydrogen-bond donors (Lipinski definition) is 2. The number of benzene rings is 1. The van der Waals surface area contributed by atoms with E-state index in [0.717, 1.165) is 0 Å². The van der Waals surface area contributed by atoms with E-state index in [2.05, 4.69) is 15.6 Å². The second-order valence-electron chi connectivity index (χ2n) is 5.64. The number of carbonyl (C=O) groups excluding carboxylic acids is 1. The van der Waals surface area contributed by atoms with Gasteiger partial charge in [0.15, 0.2) is 15.8 Å². The van der Waals surface area contributed by atoms with Crippen molar-refractivity contribution in [2.75, 3.05) is 38.5 Å². The number of rotatable bonds is 10. The summed E-state index contributed by atoms with van der Waals surface area (Å²) in [6, 6.07) is 8.36. The lowest BCUT2D eigenvalue weighted by atomic mass is 10.3. The van der Waals surface area contributed by atoms with Crippen LogP contribution in [0.15, 0.2) is 40.2 Å². The second kappa shape index (κ2) is 13.8. The van der Waals surface area contributed by atoms with Crippen LogP contribution in [-0.4, -0.2) is 63.7 Å². The Labute approximate surface area is 179 Å². The third kappa shape index (κ3) is 9.41. The summed E-state index contributed by atoms with van der Waals surface area (Å²) >= 11 is 0. The molecule has 2 N–H and O–H groups in total. The van der Waals surface area contributed by atoms with E-state index in [1.165, 1.54) is 0 Å². The quantitative estimate of drug-likeness (QED) is 0.285. The molecule has 0 bridgehead atoms. The highest BCUT2D eigenvalue weighted by molar-refractivity contribution is 14.0. The summed E-state index contributed by atoms with van der Waals surface area (Å²) in [5, 5.41) is 6.14. The number of guanidine groups is 1. The van der Waals surface area contributed by atoms with Gasteiger partial charge < -0.3 is 15.5 Å². The Bertz CT molecular complexity index is 677. The van der Waals surface area contributed by atoms with Crippen molar-refractivity contribution in [3.05, 3.63) is 30.3 Å². The highest BCUT2D eigenvalue weighted by atomic mass is 127. The molecule has 0 heterocycles. The SMILES string of the molecule is CCNC(=NCCS(=O)(=O)c1ccccc1)NCCC(=O)N(CC)CC.I. The van der Waals surface area contributed by atoms with Gasteiger partial charge in [0.1, 0.15) is 0 Å².